The van der Waals surface area contributed by atoms with Gasteiger partial charge in [0.1, 0.15) is 0 Å². The third-order valence-corrected chi connectivity index (χ3v) is 6.73. The van der Waals surface area contributed by atoms with Crippen LogP contribution in [0.4, 0.5) is 10.5 Å². The Labute approximate surface area is 231 Å². The summed E-state index contributed by atoms with van der Waals surface area (Å²) in [5.41, 5.74) is 0.715. The van der Waals surface area contributed by atoms with Crippen molar-refractivity contribution in [3.63, 3.8) is 0 Å². The minimum Gasteiger partial charge on any atom is -0.490 e. The maximum absolute atomic E-state index is 13.0. The highest BCUT2D eigenvalue weighted by atomic mass is 35.5. The first kappa shape index (κ1) is 27.2. The first-order chi connectivity index (χ1) is 18.2. The van der Waals surface area contributed by atoms with Gasteiger partial charge in [-0.15, -0.1) is 0 Å². The lowest BCUT2D eigenvalue weighted by Crippen LogP contribution is -2.27. The summed E-state index contributed by atoms with van der Waals surface area (Å²) >= 11 is 13.0. The predicted molar refractivity (Wildman–Crippen MR) is 144 cm³/mol. The summed E-state index contributed by atoms with van der Waals surface area (Å²) in [4.78, 5) is 50.0. The number of thioether (sulfide) groups is 1. The van der Waals surface area contributed by atoms with Crippen molar-refractivity contribution >= 4 is 63.8 Å². The van der Waals surface area contributed by atoms with Crippen molar-refractivity contribution in [1.82, 2.24) is 4.90 Å². The number of benzene rings is 3. The number of nitro benzene ring substituents is 1. The molecule has 4 rings (SSSR count). The number of amides is 2. The Balaban J connectivity index is 1.59. The number of imide groups is 1. The number of hydrogen-bond acceptors (Lipinski definition) is 8. The maximum atomic E-state index is 13.0. The standard InChI is InChI=1S/C26H18Cl2N2O7S/c1-2-36-21-12-15(11-19(28)23(21)37-25(32)16-7-9-18(27)10-8-16)13-22-24(31)29(26(33)38-22)14-17-5-3-4-6-20(17)30(34)35/h3-13H,2,14H2,1H3/b22-13-. The number of nitrogens with zero attached hydrogens (tertiary/aromatic N) is 2. The van der Waals surface area contributed by atoms with Crippen LogP contribution in [0, 0.1) is 10.1 Å². The number of carbonyl (C=O) groups is 3. The van der Waals surface area contributed by atoms with Crippen LogP contribution in [0.25, 0.3) is 6.08 Å². The predicted octanol–water partition coefficient (Wildman–Crippen LogP) is 6.76. The van der Waals surface area contributed by atoms with Gasteiger partial charge in [0.05, 0.1) is 33.6 Å². The highest BCUT2D eigenvalue weighted by molar-refractivity contribution is 8.18. The van der Waals surface area contributed by atoms with Crippen LogP contribution < -0.4 is 9.47 Å². The highest BCUT2D eigenvalue weighted by Gasteiger charge is 2.36. The summed E-state index contributed by atoms with van der Waals surface area (Å²) in [5.74, 6) is -1.12. The summed E-state index contributed by atoms with van der Waals surface area (Å²) in [5, 5.41) is 11.3. The fourth-order valence-electron chi connectivity index (χ4n) is 3.55. The number of ether oxygens (including phenoxy) is 2. The summed E-state index contributed by atoms with van der Waals surface area (Å²) in [6, 6.07) is 15.0. The summed E-state index contributed by atoms with van der Waals surface area (Å²) < 4.78 is 11.1. The molecule has 38 heavy (non-hydrogen) atoms. The molecule has 0 bridgehead atoms. The Morgan fingerprint density at radius 1 is 1.11 bits per heavy atom. The number of rotatable bonds is 8. The van der Waals surface area contributed by atoms with Crippen LogP contribution >= 0.6 is 35.0 Å². The second-order valence-electron chi connectivity index (χ2n) is 7.81. The Kier molecular flexibility index (Phi) is 8.35. The number of carbonyl (C=O) groups excluding carboxylic acids is 3. The number of nitro groups is 1. The van der Waals surface area contributed by atoms with Crippen LogP contribution in [0.2, 0.25) is 10.0 Å². The zero-order chi connectivity index (χ0) is 27.4. The second-order valence-corrected chi connectivity index (χ2v) is 9.65. The molecular formula is C26H18Cl2N2O7S. The SMILES string of the molecule is CCOc1cc(/C=C2\SC(=O)N(Cc3ccccc3[N+](=O)[O-])C2=O)cc(Cl)c1OC(=O)c1ccc(Cl)cc1. The average molecular weight is 573 g/mol. The van der Waals surface area contributed by atoms with Crippen molar-refractivity contribution < 1.29 is 28.8 Å². The zero-order valence-corrected chi connectivity index (χ0v) is 22.0. The minimum atomic E-state index is -0.673. The summed E-state index contributed by atoms with van der Waals surface area (Å²) in [6.07, 6.45) is 1.45. The molecule has 0 spiro atoms. The largest absolute Gasteiger partial charge is 0.490 e. The maximum Gasteiger partial charge on any atom is 0.343 e. The molecule has 0 unspecified atom stereocenters. The normalized spacial score (nSPS) is 14.2. The zero-order valence-electron chi connectivity index (χ0n) is 19.7. The topological polar surface area (TPSA) is 116 Å². The molecular weight excluding hydrogens is 555 g/mol. The molecule has 2 amide bonds. The van der Waals surface area contributed by atoms with E-state index in [2.05, 4.69) is 0 Å². The molecule has 3 aromatic rings. The molecule has 0 aromatic heterocycles. The number of halogens is 2. The van der Waals surface area contributed by atoms with Crippen molar-refractivity contribution in [2.24, 2.45) is 0 Å². The number of hydrogen-bond donors (Lipinski definition) is 0. The van der Waals surface area contributed by atoms with E-state index >= 15 is 0 Å². The van der Waals surface area contributed by atoms with Gasteiger partial charge in [-0.3, -0.25) is 24.6 Å². The van der Waals surface area contributed by atoms with Crippen molar-refractivity contribution in [3.05, 3.63) is 102 Å². The van der Waals surface area contributed by atoms with Crippen molar-refractivity contribution in [3.8, 4) is 11.5 Å². The van der Waals surface area contributed by atoms with E-state index in [1.807, 2.05) is 0 Å². The Morgan fingerprint density at radius 3 is 2.50 bits per heavy atom. The molecule has 1 aliphatic rings. The molecule has 1 aliphatic heterocycles. The molecule has 0 saturated carbocycles. The first-order valence-corrected chi connectivity index (χ1v) is 12.7. The monoisotopic (exact) mass is 572 g/mol. The summed E-state index contributed by atoms with van der Waals surface area (Å²) in [7, 11) is 0. The van der Waals surface area contributed by atoms with E-state index in [0.717, 1.165) is 4.90 Å². The first-order valence-electron chi connectivity index (χ1n) is 11.1. The van der Waals surface area contributed by atoms with Crippen LogP contribution in [-0.2, 0) is 11.3 Å². The fraction of sp³-hybridized carbons (Fsp3) is 0.115. The van der Waals surface area contributed by atoms with E-state index < -0.39 is 22.0 Å². The van der Waals surface area contributed by atoms with E-state index in [0.29, 0.717) is 22.3 Å². The van der Waals surface area contributed by atoms with Crippen LogP contribution in [-0.4, -0.2) is 33.5 Å². The van der Waals surface area contributed by atoms with Crippen LogP contribution in [0.3, 0.4) is 0 Å². The number of esters is 1. The molecule has 0 radical (unpaired) electrons. The highest BCUT2D eigenvalue weighted by Crippen LogP contribution is 2.40. The van der Waals surface area contributed by atoms with Crippen molar-refractivity contribution in [2.45, 2.75) is 13.5 Å². The van der Waals surface area contributed by atoms with E-state index in [4.69, 9.17) is 32.7 Å². The Hall–Kier alpha value is -3.86. The quantitative estimate of drug-likeness (QED) is 0.0955. The van der Waals surface area contributed by atoms with Crippen LogP contribution in [0.15, 0.2) is 65.6 Å². The lowest BCUT2D eigenvalue weighted by molar-refractivity contribution is -0.385. The molecule has 1 fully saturated rings. The molecule has 3 aromatic carbocycles. The van der Waals surface area contributed by atoms with Gasteiger partial charge in [-0.2, -0.15) is 0 Å². The third-order valence-electron chi connectivity index (χ3n) is 5.29. The Bertz CT molecular complexity index is 1470. The van der Waals surface area contributed by atoms with E-state index in [-0.39, 0.29) is 51.4 Å². The molecule has 1 heterocycles. The van der Waals surface area contributed by atoms with Crippen LogP contribution in [0.5, 0.6) is 11.5 Å². The van der Waals surface area contributed by atoms with Crippen molar-refractivity contribution in [1.29, 1.82) is 0 Å². The van der Waals surface area contributed by atoms with Gasteiger partial charge in [-0.25, -0.2) is 4.79 Å². The van der Waals surface area contributed by atoms with Gasteiger partial charge in [0.2, 0.25) is 0 Å². The summed E-state index contributed by atoms with van der Waals surface area (Å²) in [6.45, 7) is 1.72. The van der Waals surface area contributed by atoms with Crippen LogP contribution in [0.1, 0.15) is 28.4 Å². The lowest BCUT2D eigenvalue weighted by atomic mass is 10.1. The van der Waals surface area contributed by atoms with Gasteiger partial charge in [0.25, 0.3) is 16.8 Å². The van der Waals surface area contributed by atoms with E-state index in [9.17, 15) is 24.5 Å². The van der Waals surface area contributed by atoms with Gasteiger partial charge in [-0.05, 0) is 66.7 Å². The fourth-order valence-corrected chi connectivity index (χ4v) is 4.77. The molecule has 1 saturated heterocycles. The smallest absolute Gasteiger partial charge is 0.343 e. The molecule has 12 heteroatoms. The number of para-hydroxylation sites is 1. The van der Waals surface area contributed by atoms with Crippen molar-refractivity contribution in [2.75, 3.05) is 6.61 Å². The lowest BCUT2D eigenvalue weighted by Gasteiger charge is -2.14. The molecule has 0 N–H and O–H groups in total. The third kappa shape index (κ3) is 5.99. The molecule has 194 valence electrons. The van der Waals surface area contributed by atoms with Gasteiger partial charge in [0.15, 0.2) is 11.5 Å². The van der Waals surface area contributed by atoms with Gasteiger partial charge < -0.3 is 9.47 Å². The molecule has 9 nitrogen and oxygen atoms in total. The molecule has 0 aliphatic carbocycles. The van der Waals surface area contributed by atoms with Gasteiger partial charge in [-0.1, -0.05) is 41.4 Å². The van der Waals surface area contributed by atoms with E-state index in [1.54, 1.807) is 25.1 Å². The minimum absolute atomic E-state index is 0.00453. The Morgan fingerprint density at radius 2 is 1.82 bits per heavy atom. The average Bonchev–Trinajstić information content (AvgIpc) is 3.14. The van der Waals surface area contributed by atoms with Gasteiger partial charge in [0, 0.05) is 16.7 Å². The second kappa shape index (κ2) is 11.7. The van der Waals surface area contributed by atoms with E-state index in [1.165, 1.54) is 48.5 Å². The van der Waals surface area contributed by atoms with Gasteiger partial charge >= 0.3 is 5.97 Å². The molecule has 0 atom stereocenters.